The van der Waals surface area contributed by atoms with E-state index in [4.69, 9.17) is 5.11 Å². The summed E-state index contributed by atoms with van der Waals surface area (Å²) < 4.78 is 29.2. The predicted octanol–water partition coefficient (Wildman–Crippen LogP) is 2.57. The van der Waals surface area contributed by atoms with Crippen molar-refractivity contribution in [3.8, 4) is 5.75 Å². The smallest absolute Gasteiger partial charge is 0.387 e. The first-order valence-electron chi connectivity index (χ1n) is 7.06. The molecule has 0 unspecified atom stereocenters. The van der Waals surface area contributed by atoms with Crippen molar-refractivity contribution in [1.82, 2.24) is 5.32 Å². The predicted molar refractivity (Wildman–Crippen MR) is 78.1 cm³/mol. The second kappa shape index (κ2) is 6.87. The van der Waals surface area contributed by atoms with Crippen LogP contribution in [-0.4, -0.2) is 30.3 Å². The van der Waals surface area contributed by atoms with Crippen LogP contribution in [0.5, 0.6) is 5.75 Å². The SMILES string of the molecule is Cc1cc(C(=O)N[C@@H]2C=C[C@H](CO)C2)cc(C)c1OC(F)F. The molecule has 6 heteroatoms. The third-order valence-corrected chi connectivity index (χ3v) is 3.65. The Balaban J connectivity index is 2.09. The molecule has 22 heavy (non-hydrogen) atoms. The Bertz CT molecular complexity index is 564. The van der Waals surface area contributed by atoms with Gasteiger partial charge in [-0.1, -0.05) is 12.2 Å². The van der Waals surface area contributed by atoms with E-state index in [2.05, 4.69) is 10.1 Å². The first-order chi connectivity index (χ1) is 10.4. The number of rotatable bonds is 5. The number of hydrogen-bond acceptors (Lipinski definition) is 3. The van der Waals surface area contributed by atoms with Gasteiger partial charge in [0.05, 0.1) is 0 Å². The summed E-state index contributed by atoms with van der Waals surface area (Å²) in [6, 6.07) is 2.94. The Morgan fingerprint density at radius 2 is 2.00 bits per heavy atom. The van der Waals surface area contributed by atoms with Gasteiger partial charge in [-0.05, 0) is 43.5 Å². The van der Waals surface area contributed by atoms with Crippen LogP contribution in [0.25, 0.3) is 0 Å². The topological polar surface area (TPSA) is 58.6 Å². The van der Waals surface area contributed by atoms with E-state index in [1.165, 1.54) is 12.1 Å². The van der Waals surface area contributed by atoms with Crippen LogP contribution in [-0.2, 0) is 0 Å². The van der Waals surface area contributed by atoms with Crippen molar-refractivity contribution in [2.45, 2.75) is 32.9 Å². The van der Waals surface area contributed by atoms with Gasteiger partial charge >= 0.3 is 6.61 Å². The van der Waals surface area contributed by atoms with Crippen LogP contribution in [0.3, 0.4) is 0 Å². The van der Waals surface area contributed by atoms with Gasteiger partial charge < -0.3 is 15.2 Å². The van der Waals surface area contributed by atoms with Gasteiger partial charge in [-0.3, -0.25) is 4.79 Å². The number of amides is 1. The fraction of sp³-hybridized carbons (Fsp3) is 0.438. The molecule has 2 N–H and O–H groups in total. The molecule has 1 aromatic rings. The van der Waals surface area contributed by atoms with Gasteiger partial charge in [0.1, 0.15) is 5.75 Å². The van der Waals surface area contributed by atoms with E-state index in [1.807, 2.05) is 12.2 Å². The number of ether oxygens (including phenoxy) is 1. The summed E-state index contributed by atoms with van der Waals surface area (Å²) in [5.74, 6) is -0.105. The van der Waals surface area contributed by atoms with Gasteiger partial charge in [0.2, 0.25) is 0 Å². The molecule has 0 saturated carbocycles. The first-order valence-corrected chi connectivity index (χ1v) is 7.06. The number of aliphatic hydroxyl groups excluding tert-OH is 1. The summed E-state index contributed by atoms with van der Waals surface area (Å²) in [6.45, 7) is 0.411. The van der Waals surface area contributed by atoms with Gasteiger partial charge in [-0.2, -0.15) is 8.78 Å². The Morgan fingerprint density at radius 3 is 2.50 bits per heavy atom. The van der Waals surface area contributed by atoms with Crippen molar-refractivity contribution in [2.75, 3.05) is 6.61 Å². The minimum atomic E-state index is -2.89. The average molecular weight is 311 g/mol. The molecule has 2 rings (SSSR count). The molecule has 0 fully saturated rings. The molecule has 4 nitrogen and oxygen atoms in total. The molecule has 1 amide bonds. The molecular weight excluding hydrogens is 292 g/mol. The molecule has 0 radical (unpaired) electrons. The first kappa shape index (κ1) is 16.4. The molecule has 0 bridgehead atoms. The zero-order valence-electron chi connectivity index (χ0n) is 12.5. The number of alkyl halides is 2. The fourth-order valence-electron chi connectivity index (χ4n) is 2.63. The summed E-state index contributed by atoms with van der Waals surface area (Å²) >= 11 is 0. The van der Waals surface area contributed by atoms with E-state index in [9.17, 15) is 13.6 Å². The molecule has 1 aliphatic rings. The number of carbonyl (C=O) groups excluding carboxylic acids is 1. The molecule has 0 spiro atoms. The van der Waals surface area contributed by atoms with Crippen molar-refractivity contribution in [3.05, 3.63) is 41.0 Å². The Morgan fingerprint density at radius 1 is 1.36 bits per heavy atom. The average Bonchev–Trinajstić information content (AvgIpc) is 2.90. The Kier molecular flexibility index (Phi) is 5.13. The van der Waals surface area contributed by atoms with Gasteiger partial charge in [0, 0.05) is 24.1 Å². The summed E-state index contributed by atoms with van der Waals surface area (Å²) in [4.78, 5) is 12.2. The lowest BCUT2D eigenvalue weighted by molar-refractivity contribution is -0.0507. The summed E-state index contributed by atoms with van der Waals surface area (Å²) in [5.41, 5.74) is 1.37. The third kappa shape index (κ3) is 3.82. The van der Waals surface area contributed by atoms with E-state index >= 15 is 0 Å². The van der Waals surface area contributed by atoms with E-state index in [-0.39, 0.29) is 30.2 Å². The number of aliphatic hydroxyl groups is 1. The van der Waals surface area contributed by atoms with Crippen LogP contribution in [0.2, 0.25) is 0 Å². The molecule has 1 aliphatic carbocycles. The van der Waals surface area contributed by atoms with Crippen LogP contribution in [0.4, 0.5) is 8.78 Å². The van der Waals surface area contributed by atoms with Gasteiger partial charge in [0.15, 0.2) is 0 Å². The van der Waals surface area contributed by atoms with Crippen molar-refractivity contribution in [3.63, 3.8) is 0 Å². The van der Waals surface area contributed by atoms with Gasteiger partial charge in [0.25, 0.3) is 5.91 Å². The second-order valence-corrected chi connectivity index (χ2v) is 5.46. The van der Waals surface area contributed by atoms with Crippen LogP contribution in [0.15, 0.2) is 24.3 Å². The van der Waals surface area contributed by atoms with E-state index < -0.39 is 6.61 Å². The summed E-state index contributed by atoms with van der Waals surface area (Å²) in [7, 11) is 0. The number of benzene rings is 1. The number of hydrogen-bond donors (Lipinski definition) is 2. The van der Waals surface area contributed by atoms with Crippen LogP contribution >= 0.6 is 0 Å². The maximum absolute atomic E-state index is 12.4. The largest absolute Gasteiger partial charge is 0.434 e. The zero-order chi connectivity index (χ0) is 16.3. The lowest BCUT2D eigenvalue weighted by Crippen LogP contribution is -2.33. The highest BCUT2D eigenvalue weighted by Crippen LogP contribution is 2.27. The third-order valence-electron chi connectivity index (χ3n) is 3.65. The highest BCUT2D eigenvalue weighted by molar-refractivity contribution is 5.95. The highest BCUT2D eigenvalue weighted by atomic mass is 19.3. The molecule has 0 aliphatic heterocycles. The zero-order valence-corrected chi connectivity index (χ0v) is 12.5. The van der Waals surface area contributed by atoms with Crippen LogP contribution < -0.4 is 10.1 Å². The lowest BCUT2D eigenvalue weighted by atomic mass is 10.0. The second-order valence-electron chi connectivity index (χ2n) is 5.46. The van der Waals surface area contributed by atoms with Crippen molar-refractivity contribution in [1.29, 1.82) is 0 Å². The van der Waals surface area contributed by atoms with Crippen molar-refractivity contribution < 1.29 is 23.4 Å². The lowest BCUT2D eigenvalue weighted by Gasteiger charge is -2.15. The van der Waals surface area contributed by atoms with E-state index in [0.29, 0.717) is 23.1 Å². The summed E-state index contributed by atoms with van der Waals surface area (Å²) in [5, 5.41) is 11.9. The van der Waals surface area contributed by atoms with Crippen LogP contribution in [0.1, 0.15) is 27.9 Å². The molecule has 1 aromatic carbocycles. The normalized spacial score (nSPS) is 20.5. The molecule has 0 aromatic heterocycles. The van der Waals surface area contributed by atoms with Crippen molar-refractivity contribution >= 4 is 5.91 Å². The maximum Gasteiger partial charge on any atom is 0.387 e. The van der Waals surface area contributed by atoms with E-state index in [1.54, 1.807) is 13.8 Å². The number of halogens is 2. The molecule has 0 saturated heterocycles. The highest BCUT2D eigenvalue weighted by Gasteiger charge is 2.21. The monoisotopic (exact) mass is 311 g/mol. The van der Waals surface area contributed by atoms with Crippen LogP contribution in [0, 0.1) is 19.8 Å². The molecule has 2 atom stereocenters. The standard InChI is InChI=1S/C16H19F2NO3/c1-9-5-12(6-10(2)14(9)22-16(17)18)15(21)19-13-4-3-11(7-13)8-20/h3-6,11,13,16,20H,7-8H2,1-2H3,(H,19,21)/t11-,13+/m0/s1. The minimum Gasteiger partial charge on any atom is -0.434 e. The molecular formula is C16H19F2NO3. The van der Waals surface area contributed by atoms with Crippen molar-refractivity contribution in [2.24, 2.45) is 5.92 Å². The quantitative estimate of drug-likeness (QED) is 0.822. The number of nitrogens with one attached hydrogen (secondary N) is 1. The molecule has 120 valence electrons. The van der Waals surface area contributed by atoms with E-state index in [0.717, 1.165) is 0 Å². The maximum atomic E-state index is 12.4. The minimum absolute atomic E-state index is 0.0563. The van der Waals surface area contributed by atoms with Gasteiger partial charge in [-0.15, -0.1) is 0 Å². The molecule has 0 heterocycles. The van der Waals surface area contributed by atoms with Gasteiger partial charge in [-0.25, -0.2) is 0 Å². The Labute approximate surface area is 127 Å². The fourth-order valence-corrected chi connectivity index (χ4v) is 2.63. The summed E-state index contributed by atoms with van der Waals surface area (Å²) in [6.07, 6.45) is 4.39. The Hall–Kier alpha value is -1.95. The number of aryl methyl sites for hydroxylation is 2. The number of carbonyl (C=O) groups is 1.